The van der Waals surface area contributed by atoms with E-state index >= 15 is 0 Å². The number of nitrogens with one attached hydrogen (secondary N) is 1. The van der Waals surface area contributed by atoms with Crippen LogP contribution in [0.4, 0.5) is 4.39 Å². The van der Waals surface area contributed by atoms with Crippen LogP contribution in [0, 0.1) is 5.82 Å². The smallest absolute Gasteiger partial charge is 0.260 e. The number of ether oxygens (including phenoxy) is 2. The number of benzene rings is 2. The maximum absolute atomic E-state index is 13.0. The Morgan fingerprint density at radius 2 is 1.93 bits per heavy atom. The molecule has 1 amide bonds. The molecule has 0 aromatic heterocycles. The number of halogens is 1. The van der Waals surface area contributed by atoms with E-state index in [4.69, 9.17) is 9.47 Å². The molecule has 2 aromatic rings. The van der Waals surface area contributed by atoms with Gasteiger partial charge in [0.25, 0.3) is 5.91 Å². The Balaban J connectivity index is 1.31. The molecule has 4 rings (SSSR count). The van der Waals surface area contributed by atoms with Crippen molar-refractivity contribution in [2.45, 2.75) is 43.9 Å². The van der Waals surface area contributed by atoms with Crippen molar-refractivity contribution < 1.29 is 18.7 Å². The van der Waals surface area contributed by atoms with E-state index in [-0.39, 0.29) is 30.0 Å². The average molecular weight is 398 g/mol. The van der Waals surface area contributed by atoms with E-state index in [0.717, 1.165) is 44.5 Å². The third kappa shape index (κ3) is 4.53. The summed E-state index contributed by atoms with van der Waals surface area (Å²) in [7, 11) is 1.83. The quantitative estimate of drug-likeness (QED) is 0.856. The van der Waals surface area contributed by atoms with Crippen molar-refractivity contribution in [1.82, 2.24) is 10.2 Å². The van der Waals surface area contributed by atoms with E-state index < -0.39 is 0 Å². The van der Waals surface area contributed by atoms with Crippen LogP contribution in [0.15, 0.2) is 48.5 Å². The number of nitrogens with zero attached hydrogens (tertiary/aromatic N) is 1. The molecule has 1 aliphatic heterocycles. The van der Waals surface area contributed by atoms with Gasteiger partial charge >= 0.3 is 0 Å². The fourth-order valence-corrected chi connectivity index (χ4v) is 4.22. The number of fused-ring (bicyclic) bond motifs is 1. The molecular formula is C23H27FN2O3. The number of hydrogen-bond acceptors (Lipinski definition) is 4. The number of rotatable bonds is 4. The summed E-state index contributed by atoms with van der Waals surface area (Å²) in [6.45, 7) is 1.59. The highest BCUT2D eigenvalue weighted by Gasteiger charge is 2.40. The second-order valence-electron chi connectivity index (χ2n) is 7.97. The Morgan fingerprint density at radius 3 is 2.69 bits per heavy atom. The number of amides is 1. The minimum Gasteiger partial charge on any atom is -0.486 e. The van der Waals surface area contributed by atoms with Gasteiger partial charge in [0, 0.05) is 31.7 Å². The van der Waals surface area contributed by atoms with Crippen molar-refractivity contribution in [3.05, 3.63) is 59.9 Å². The van der Waals surface area contributed by atoms with Crippen molar-refractivity contribution in [2.24, 2.45) is 0 Å². The zero-order chi connectivity index (χ0) is 20.3. The van der Waals surface area contributed by atoms with Crippen LogP contribution in [0.1, 0.15) is 31.2 Å². The number of para-hydroxylation sites is 1. The molecule has 0 bridgehead atoms. The summed E-state index contributed by atoms with van der Waals surface area (Å²) in [5.41, 5.74) is 0.981. The van der Waals surface area contributed by atoms with E-state index in [2.05, 4.69) is 11.4 Å². The van der Waals surface area contributed by atoms with Crippen LogP contribution in [0.2, 0.25) is 0 Å². The van der Waals surface area contributed by atoms with Gasteiger partial charge in [-0.25, -0.2) is 4.39 Å². The molecule has 1 heterocycles. The maximum Gasteiger partial charge on any atom is 0.260 e. The zero-order valence-corrected chi connectivity index (χ0v) is 16.7. The average Bonchev–Trinajstić information content (AvgIpc) is 2.92. The fraction of sp³-hybridized carbons (Fsp3) is 0.435. The molecule has 29 heavy (non-hydrogen) atoms. The molecule has 0 saturated heterocycles. The van der Waals surface area contributed by atoms with Crippen molar-refractivity contribution in [3.8, 4) is 11.5 Å². The molecule has 154 valence electrons. The van der Waals surface area contributed by atoms with E-state index in [0.29, 0.717) is 5.75 Å². The molecular weight excluding hydrogens is 371 g/mol. The number of carbonyl (C=O) groups is 1. The van der Waals surface area contributed by atoms with Gasteiger partial charge in [-0.15, -0.1) is 0 Å². The highest BCUT2D eigenvalue weighted by molar-refractivity contribution is 5.77. The van der Waals surface area contributed by atoms with Crippen molar-refractivity contribution in [1.29, 1.82) is 0 Å². The molecule has 1 aliphatic carbocycles. The first-order valence-electron chi connectivity index (χ1n) is 10.2. The largest absolute Gasteiger partial charge is 0.486 e. The molecule has 1 N–H and O–H groups in total. The molecule has 2 aliphatic rings. The standard InChI is InChI=1S/C23H27FN2O3/c1-26(22(27)15-28-20-8-6-18(24)7-9-20)19-10-12-23(13-11-19)16-25-14-17-4-2-3-5-21(17)29-23/h2-9,19,25H,10-16H2,1H3. The highest BCUT2D eigenvalue weighted by atomic mass is 19.1. The second-order valence-corrected chi connectivity index (χ2v) is 7.97. The van der Waals surface area contributed by atoms with E-state index in [1.54, 1.807) is 4.90 Å². The second kappa shape index (κ2) is 8.41. The molecule has 1 fully saturated rings. The van der Waals surface area contributed by atoms with E-state index in [1.165, 1.54) is 29.8 Å². The Bertz CT molecular complexity index is 847. The van der Waals surface area contributed by atoms with Gasteiger partial charge in [-0.2, -0.15) is 0 Å². The van der Waals surface area contributed by atoms with Crippen LogP contribution in [-0.4, -0.2) is 42.6 Å². The fourth-order valence-electron chi connectivity index (χ4n) is 4.22. The molecule has 0 radical (unpaired) electrons. The summed E-state index contributed by atoms with van der Waals surface area (Å²) in [4.78, 5) is 14.3. The Hall–Kier alpha value is -2.60. The van der Waals surface area contributed by atoms with Gasteiger partial charge in [0.15, 0.2) is 6.61 Å². The van der Waals surface area contributed by atoms with Crippen LogP contribution < -0.4 is 14.8 Å². The van der Waals surface area contributed by atoms with Crippen LogP contribution in [0.5, 0.6) is 11.5 Å². The normalized spacial score (nSPS) is 23.6. The monoisotopic (exact) mass is 398 g/mol. The van der Waals surface area contributed by atoms with Gasteiger partial charge in [0.05, 0.1) is 0 Å². The highest BCUT2D eigenvalue weighted by Crippen LogP contribution is 2.37. The SMILES string of the molecule is CN(C(=O)COc1ccc(F)cc1)C1CCC2(CC1)CNCc1ccccc1O2. The topological polar surface area (TPSA) is 50.8 Å². The van der Waals surface area contributed by atoms with Gasteiger partial charge < -0.3 is 19.7 Å². The minimum atomic E-state index is -0.324. The van der Waals surface area contributed by atoms with Crippen LogP contribution in [0.25, 0.3) is 0 Å². The predicted octanol–water partition coefficient (Wildman–Crippen LogP) is 3.53. The Labute approximate surface area is 170 Å². The lowest BCUT2D eigenvalue weighted by molar-refractivity contribution is -0.135. The zero-order valence-electron chi connectivity index (χ0n) is 16.7. The first-order chi connectivity index (χ1) is 14.0. The minimum absolute atomic E-state index is 0.0464. The number of hydrogen-bond donors (Lipinski definition) is 1. The molecule has 6 heteroatoms. The van der Waals surface area contributed by atoms with Gasteiger partial charge in [0.2, 0.25) is 0 Å². The van der Waals surface area contributed by atoms with Gasteiger partial charge in [-0.1, -0.05) is 18.2 Å². The van der Waals surface area contributed by atoms with Gasteiger partial charge in [-0.3, -0.25) is 4.79 Å². The van der Waals surface area contributed by atoms with E-state index in [9.17, 15) is 9.18 Å². The lowest BCUT2D eigenvalue weighted by atomic mass is 9.81. The Morgan fingerprint density at radius 1 is 1.21 bits per heavy atom. The summed E-state index contributed by atoms with van der Waals surface area (Å²) in [5, 5.41) is 3.52. The third-order valence-electron chi connectivity index (χ3n) is 6.05. The maximum atomic E-state index is 13.0. The van der Waals surface area contributed by atoms with Crippen molar-refractivity contribution in [3.63, 3.8) is 0 Å². The van der Waals surface area contributed by atoms with Crippen LogP contribution in [-0.2, 0) is 11.3 Å². The Kier molecular flexibility index (Phi) is 5.72. The van der Waals surface area contributed by atoms with Crippen molar-refractivity contribution >= 4 is 5.91 Å². The molecule has 5 nitrogen and oxygen atoms in total. The summed E-state index contributed by atoms with van der Waals surface area (Å²) in [6.07, 6.45) is 3.58. The summed E-state index contributed by atoms with van der Waals surface area (Å²) < 4.78 is 24.9. The lowest BCUT2D eigenvalue weighted by Crippen LogP contribution is -2.51. The number of likely N-dealkylation sites (N-methyl/N-ethyl adjacent to an activating group) is 1. The first kappa shape index (κ1) is 19.7. The molecule has 0 unspecified atom stereocenters. The number of carbonyl (C=O) groups excluding carboxylic acids is 1. The molecule has 1 spiro atoms. The third-order valence-corrected chi connectivity index (χ3v) is 6.05. The lowest BCUT2D eigenvalue weighted by Gasteiger charge is -2.42. The molecule has 0 atom stereocenters. The van der Waals surface area contributed by atoms with E-state index in [1.807, 2.05) is 25.2 Å². The molecule has 2 aromatic carbocycles. The summed E-state index contributed by atoms with van der Waals surface area (Å²) >= 11 is 0. The summed E-state index contributed by atoms with van der Waals surface area (Å²) in [6, 6.07) is 14.1. The summed E-state index contributed by atoms with van der Waals surface area (Å²) in [5.74, 6) is 1.07. The van der Waals surface area contributed by atoms with Crippen molar-refractivity contribution in [2.75, 3.05) is 20.2 Å². The molecule has 1 saturated carbocycles. The predicted molar refractivity (Wildman–Crippen MR) is 108 cm³/mol. The first-order valence-corrected chi connectivity index (χ1v) is 10.2. The van der Waals surface area contributed by atoms with Gasteiger partial charge in [-0.05, 0) is 56.0 Å². The van der Waals surface area contributed by atoms with Crippen LogP contribution >= 0.6 is 0 Å². The van der Waals surface area contributed by atoms with Gasteiger partial charge in [0.1, 0.15) is 22.9 Å². The van der Waals surface area contributed by atoms with Crippen LogP contribution in [0.3, 0.4) is 0 Å².